The molecule has 12 aromatic rings. The standard InChI is InChI=1S/C62H50N4O/c1-35-13-9-14-36(2)57(35)49-31-47-45-23-21-43(29-53(45)61-63-25-27-65(61)55(47)33-51(49)59-39(5)17-11-18-40(59)6)67-44-22-24-46-48-32-50(58-37(3)15-10-16-38(58)4)52(60-41(7)19-12-20-42(60)8)34-56(48)66-28-26-64-62(66)54(46)30-44/h9-34H,1-8H3. The average Bonchev–Trinajstić information content (AvgIpc) is 4.01. The van der Waals surface area contributed by atoms with E-state index < -0.39 is 0 Å². The van der Waals surface area contributed by atoms with E-state index >= 15 is 0 Å². The number of nitrogens with zero attached hydrogens (tertiary/aromatic N) is 4. The summed E-state index contributed by atoms with van der Waals surface area (Å²) in [5, 5.41) is 6.66. The quantitative estimate of drug-likeness (QED) is 0.156. The van der Waals surface area contributed by atoms with Crippen molar-refractivity contribution in [2.24, 2.45) is 0 Å². The van der Waals surface area contributed by atoms with Crippen LogP contribution in [0.2, 0.25) is 0 Å². The molecule has 0 unspecified atom stereocenters. The molecule has 4 heterocycles. The van der Waals surface area contributed by atoms with Crippen LogP contribution < -0.4 is 4.74 Å². The zero-order chi connectivity index (χ0) is 45.8. The van der Waals surface area contributed by atoms with E-state index in [4.69, 9.17) is 14.7 Å². The number of hydrogen-bond acceptors (Lipinski definition) is 3. The van der Waals surface area contributed by atoms with Crippen LogP contribution in [0.3, 0.4) is 0 Å². The molecule has 8 aromatic carbocycles. The van der Waals surface area contributed by atoms with Crippen LogP contribution in [0.1, 0.15) is 44.5 Å². The summed E-state index contributed by atoms with van der Waals surface area (Å²) >= 11 is 0. The lowest BCUT2D eigenvalue weighted by molar-refractivity contribution is 0.484. The van der Waals surface area contributed by atoms with Gasteiger partial charge in [0.25, 0.3) is 0 Å². The molecule has 0 fully saturated rings. The molecule has 12 rings (SSSR count). The number of fused-ring (bicyclic) bond motifs is 12. The molecule has 0 N–H and O–H groups in total. The summed E-state index contributed by atoms with van der Waals surface area (Å²) in [6.07, 6.45) is 7.97. The number of aromatic nitrogens is 4. The molecule has 5 nitrogen and oxygen atoms in total. The Morgan fingerprint density at radius 1 is 0.328 bits per heavy atom. The molecule has 0 amide bonds. The van der Waals surface area contributed by atoms with Crippen molar-refractivity contribution >= 4 is 54.6 Å². The maximum absolute atomic E-state index is 6.85. The monoisotopic (exact) mass is 866 g/mol. The summed E-state index contributed by atoms with van der Waals surface area (Å²) < 4.78 is 11.3. The van der Waals surface area contributed by atoms with E-state index in [0.29, 0.717) is 0 Å². The van der Waals surface area contributed by atoms with Crippen molar-refractivity contribution < 1.29 is 4.74 Å². The largest absolute Gasteiger partial charge is 0.457 e. The van der Waals surface area contributed by atoms with Crippen molar-refractivity contribution in [1.82, 2.24) is 18.8 Å². The molecule has 0 saturated heterocycles. The number of aryl methyl sites for hydroxylation is 8. The zero-order valence-electron chi connectivity index (χ0n) is 39.2. The number of benzene rings is 8. The van der Waals surface area contributed by atoms with Crippen molar-refractivity contribution in [1.29, 1.82) is 0 Å². The first-order chi connectivity index (χ1) is 32.5. The van der Waals surface area contributed by atoms with Crippen LogP contribution >= 0.6 is 0 Å². The maximum atomic E-state index is 6.85. The van der Waals surface area contributed by atoms with Crippen LogP contribution in [-0.2, 0) is 0 Å². The van der Waals surface area contributed by atoms with E-state index in [1.54, 1.807) is 0 Å². The van der Waals surface area contributed by atoms with Gasteiger partial charge in [-0.3, -0.25) is 8.80 Å². The van der Waals surface area contributed by atoms with Gasteiger partial charge >= 0.3 is 0 Å². The molecule has 0 aliphatic carbocycles. The second kappa shape index (κ2) is 15.3. The Morgan fingerprint density at radius 3 is 0.970 bits per heavy atom. The third kappa shape index (κ3) is 6.29. The lowest BCUT2D eigenvalue weighted by Gasteiger charge is -2.21. The maximum Gasteiger partial charge on any atom is 0.145 e. The Bertz CT molecular complexity index is 3710. The van der Waals surface area contributed by atoms with E-state index in [1.807, 2.05) is 12.4 Å². The van der Waals surface area contributed by atoms with Crippen molar-refractivity contribution in [2.45, 2.75) is 55.4 Å². The van der Waals surface area contributed by atoms with E-state index in [-0.39, 0.29) is 0 Å². The molecule has 0 spiro atoms. The fourth-order valence-electron chi connectivity index (χ4n) is 11.3. The van der Waals surface area contributed by atoms with Gasteiger partial charge < -0.3 is 4.74 Å². The molecule has 0 saturated carbocycles. The highest BCUT2D eigenvalue weighted by atomic mass is 16.5. The van der Waals surface area contributed by atoms with Gasteiger partial charge in [0.05, 0.1) is 11.0 Å². The first kappa shape index (κ1) is 40.5. The minimum atomic E-state index is 0.744. The highest BCUT2D eigenvalue weighted by Gasteiger charge is 2.22. The number of imidazole rings is 2. The van der Waals surface area contributed by atoms with Gasteiger partial charge in [-0.1, -0.05) is 72.8 Å². The molecular weight excluding hydrogens is 817 g/mol. The number of hydrogen-bond donors (Lipinski definition) is 0. The number of pyridine rings is 2. The Kier molecular flexibility index (Phi) is 9.24. The smallest absolute Gasteiger partial charge is 0.145 e. The fourth-order valence-corrected chi connectivity index (χ4v) is 11.3. The Morgan fingerprint density at radius 2 is 0.642 bits per heavy atom. The summed E-state index contributed by atoms with van der Waals surface area (Å²) in [6.45, 7) is 17.8. The van der Waals surface area contributed by atoms with Crippen LogP contribution in [-0.4, -0.2) is 18.8 Å². The normalized spacial score (nSPS) is 11.9. The molecule has 0 aliphatic rings. The van der Waals surface area contributed by atoms with Crippen LogP contribution in [0.5, 0.6) is 11.5 Å². The molecule has 0 radical (unpaired) electrons. The van der Waals surface area contributed by atoms with E-state index in [1.165, 1.54) is 99.8 Å². The third-order valence-corrected chi connectivity index (χ3v) is 14.4. The molecule has 67 heavy (non-hydrogen) atoms. The van der Waals surface area contributed by atoms with Crippen molar-refractivity contribution in [3.05, 3.63) is 203 Å². The van der Waals surface area contributed by atoms with Crippen molar-refractivity contribution in [3.8, 4) is 56.0 Å². The van der Waals surface area contributed by atoms with Crippen LogP contribution in [0.15, 0.2) is 158 Å². The lowest BCUT2D eigenvalue weighted by atomic mass is 9.85. The molecule has 0 bridgehead atoms. The summed E-state index contributed by atoms with van der Waals surface area (Å²) in [7, 11) is 0. The summed E-state index contributed by atoms with van der Waals surface area (Å²) in [6, 6.07) is 48.9. The van der Waals surface area contributed by atoms with Crippen LogP contribution in [0.25, 0.3) is 99.2 Å². The van der Waals surface area contributed by atoms with Crippen molar-refractivity contribution in [3.63, 3.8) is 0 Å². The molecule has 0 aliphatic heterocycles. The Hall–Kier alpha value is -8.02. The predicted molar refractivity (Wildman–Crippen MR) is 280 cm³/mol. The lowest BCUT2D eigenvalue weighted by Crippen LogP contribution is -1.98. The minimum absolute atomic E-state index is 0.744. The highest BCUT2D eigenvalue weighted by Crippen LogP contribution is 2.46. The molecule has 0 atom stereocenters. The first-order valence-electron chi connectivity index (χ1n) is 23.2. The average molecular weight is 867 g/mol. The molecule has 324 valence electrons. The summed E-state index contributed by atoms with van der Waals surface area (Å²) in [4.78, 5) is 9.92. The van der Waals surface area contributed by atoms with Gasteiger partial charge in [0, 0.05) is 46.3 Å². The molecule has 4 aromatic heterocycles. The fraction of sp³-hybridized carbons (Fsp3) is 0.129. The van der Waals surface area contributed by atoms with Gasteiger partial charge in [-0.25, -0.2) is 9.97 Å². The van der Waals surface area contributed by atoms with Crippen LogP contribution in [0, 0.1) is 55.4 Å². The van der Waals surface area contributed by atoms with Gasteiger partial charge in [0.2, 0.25) is 0 Å². The second-order valence-corrected chi connectivity index (χ2v) is 18.7. The van der Waals surface area contributed by atoms with Gasteiger partial charge in [0.1, 0.15) is 22.8 Å². The Labute approximate surface area is 390 Å². The van der Waals surface area contributed by atoms with Gasteiger partial charge in [-0.05, 0) is 216 Å². The number of ether oxygens (including phenoxy) is 1. The van der Waals surface area contributed by atoms with Crippen molar-refractivity contribution in [2.75, 3.05) is 0 Å². The van der Waals surface area contributed by atoms with E-state index in [2.05, 4.69) is 210 Å². The third-order valence-electron chi connectivity index (χ3n) is 14.4. The number of rotatable bonds is 6. The summed E-state index contributed by atoms with van der Waals surface area (Å²) in [5.74, 6) is 1.49. The van der Waals surface area contributed by atoms with Gasteiger partial charge in [-0.2, -0.15) is 0 Å². The molecular formula is C62H50N4O. The van der Waals surface area contributed by atoms with Crippen LogP contribution in [0.4, 0.5) is 0 Å². The highest BCUT2D eigenvalue weighted by molar-refractivity contribution is 6.16. The SMILES string of the molecule is Cc1cccc(C)c1-c1cc2c3ccc(Oc4ccc5c6cc(-c7c(C)cccc7C)c(-c7c(C)cccc7C)cc6n6ccnc6c5c4)cc3c3nccn3c2cc1-c1c(C)cccc1C. The second-order valence-electron chi connectivity index (χ2n) is 18.7. The molecule has 5 heteroatoms. The van der Waals surface area contributed by atoms with Gasteiger partial charge in [-0.15, -0.1) is 0 Å². The predicted octanol–water partition coefficient (Wildman–Crippen LogP) is 16.5. The first-order valence-corrected chi connectivity index (χ1v) is 23.2. The zero-order valence-corrected chi connectivity index (χ0v) is 39.2. The topological polar surface area (TPSA) is 43.8 Å². The van der Waals surface area contributed by atoms with Gasteiger partial charge in [0.15, 0.2) is 0 Å². The summed E-state index contributed by atoms with van der Waals surface area (Å²) in [5.41, 5.74) is 24.1. The Balaban J connectivity index is 1.03. The van der Waals surface area contributed by atoms with E-state index in [9.17, 15) is 0 Å². The van der Waals surface area contributed by atoms with E-state index in [0.717, 1.165) is 55.4 Å². The minimum Gasteiger partial charge on any atom is -0.457 e.